The van der Waals surface area contributed by atoms with Crippen molar-refractivity contribution in [3.63, 3.8) is 0 Å². The molecule has 142 valence electrons. The molecule has 4 rings (SSSR count). The van der Waals surface area contributed by atoms with E-state index in [2.05, 4.69) is 20.7 Å². The third kappa shape index (κ3) is 3.54. The average Bonchev–Trinajstić information content (AvgIpc) is 3.13. The molecular weight excluding hydrogens is 382 g/mol. The number of nitrogens with one attached hydrogen (secondary N) is 2. The van der Waals surface area contributed by atoms with E-state index in [1.807, 2.05) is 12.1 Å². The molecule has 1 aromatic heterocycles. The van der Waals surface area contributed by atoms with E-state index in [9.17, 15) is 9.59 Å². The maximum atomic E-state index is 12.8. The molecule has 8 nitrogen and oxygen atoms in total. The van der Waals surface area contributed by atoms with Gasteiger partial charge in [-0.2, -0.15) is 4.98 Å². The molecule has 2 aromatic carbocycles. The molecule has 0 radical (unpaired) electrons. The van der Waals surface area contributed by atoms with Gasteiger partial charge in [-0.05, 0) is 48.5 Å². The topological polar surface area (TPSA) is 98.1 Å². The number of nitrogens with zero attached hydrogens (tertiary/aromatic N) is 3. The summed E-state index contributed by atoms with van der Waals surface area (Å²) in [6.45, 7) is 0. The van der Waals surface area contributed by atoms with Gasteiger partial charge in [0.1, 0.15) is 11.8 Å². The van der Waals surface area contributed by atoms with E-state index in [-0.39, 0.29) is 24.2 Å². The van der Waals surface area contributed by atoms with Crippen LogP contribution < -0.4 is 15.4 Å². The summed E-state index contributed by atoms with van der Waals surface area (Å²) in [5.74, 6) is 0.700. The molecule has 28 heavy (non-hydrogen) atoms. The molecule has 2 heterocycles. The standard InChI is InChI=1S/C19H16ClN5O3/c1-28-14-8-2-11(3-9-14)17-23-19-22-16(26)10-15(25(19)24-17)18(27)21-13-6-4-12(20)5-7-13/h2-9,15H,10H2,1H3,(H,21,27)(H,22,23,24,26). The summed E-state index contributed by atoms with van der Waals surface area (Å²) in [6.07, 6.45) is -0.0299. The summed E-state index contributed by atoms with van der Waals surface area (Å²) in [6, 6.07) is 13.1. The molecule has 1 atom stereocenters. The molecule has 3 aromatic rings. The van der Waals surface area contributed by atoms with E-state index in [1.54, 1.807) is 43.5 Å². The minimum absolute atomic E-state index is 0.0299. The predicted molar refractivity (Wildman–Crippen MR) is 104 cm³/mol. The van der Waals surface area contributed by atoms with Crippen LogP contribution in [0.3, 0.4) is 0 Å². The number of anilines is 2. The summed E-state index contributed by atoms with van der Waals surface area (Å²) in [4.78, 5) is 29.2. The smallest absolute Gasteiger partial charge is 0.249 e. The summed E-state index contributed by atoms with van der Waals surface area (Å²) >= 11 is 5.87. The van der Waals surface area contributed by atoms with Gasteiger partial charge in [0.05, 0.1) is 13.5 Å². The van der Waals surface area contributed by atoms with E-state index in [4.69, 9.17) is 16.3 Å². The Morgan fingerprint density at radius 2 is 1.93 bits per heavy atom. The lowest BCUT2D eigenvalue weighted by Crippen LogP contribution is -2.36. The fourth-order valence-electron chi connectivity index (χ4n) is 2.89. The molecule has 0 spiro atoms. The van der Waals surface area contributed by atoms with Gasteiger partial charge >= 0.3 is 0 Å². The highest BCUT2D eigenvalue weighted by atomic mass is 35.5. The molecule has 2 amide bonds. The quantitative estimate of drug-likeness (QED) is 0.704. The van der Waals surface area contributed by atoms with Gasteiger partial charge in [0.25, 0.3) is 0 Å². The number of carbonyl (C=O) groups is 2. The Morgan fingerprint density at radius 1 is 1.21 bits per heavy atom. The van der Waals surface area contributed by atoms with Crippen molar-refractivity contribution in [3.8, 4) is 17.1 Å². The SMILES string of the molecule is COc1ccc(-c2nc3n(n2)C(C(=O)Nc2ccc(Cl)cc2)CC(=O)N3)cc1. The third-order valence-electron chi connectivity index (χ3n) is 4.32. The lowest BCUT2D eigenvalue weighted by molar-refractivity contribution is -0.125. The van der Waals surface area contributed by atoms with Crippen molar-refractivity contribution in [2.45, 2.75) is 12.5 Å². The first kappa shape index (κ1) is 18.0. The highest BCUT2D eigenvalue weighted by molar-refractivity contribution is 6.30. The molecule has 1 aliphatic rings. The summed E-state index contributed by atoms with van der Waals surface area (Å²) in [5, 5.41) is 10.4. The predicted octanol–water partition coefficient (Wildman–Crippen LogP) is 3.13. The van der Waals surface area contributed by atoms with E-state index < -0.39 is 6.04 Å². The van der Waals surface area contributed by atoms with E-state index in [0.717, 1.165) is 5.56 Å². The summed E-state index contributed by atoms with van der Waals surface area (Å²) in [5.41, 5.74) is 1.33. The van der Waals surface area contributed by atoms with Gasteiger partial charge in [-0.25, -0.2) is 4.68 Å². The van der Waals surface area contributed by atoms with Gasteiger partial charge in [0.2, 0.25) is 17.8 Å². The normalized spacial score (nSPS) is 15.5. The highest BCUT2D eigenvalue weighted by Crippen LogP contribution is 2.28. The lowest BCUT2D eigenvalue weighted by Gasteiger charge is -2.22. The number of rotatable bonds is 4. The largest absolute Gasteiger partial charge is 0.497 e. The van der Waals surface area contributed by atoms with Crippen LogP contribution in [0.2, 0.25) is 5.02 Å². The Hall–Kier alpha value is -3.39. The lowest BCUT2D eigenvalue weighted by atomic mass is 10.1. The number of methoxy groups -OCH3 is 1. The molecule has 0 fully saturated rings. The van der Waals surface area contributed by atoms with Crippen LogP contribution in [0.4, 0.5) is 11.6 Å². The van der Waals surface area contributed by atoms with Crippen LogP contribution in [0.25, 0.3) is 11.4 Å². The number of ether oxygens (including phenoxy) is 1. The second-order valence-corrected chi connectivity index (χ2v) is 6.63. The number of halogens is 1. The van der Waals surface area contributed by atoms with Gasteiger partial charge in [-0.15, -0.1) is 5.10 Å². The number of fused-ring (bicyclic) bond motifs is 1. The molecule has 0 saturated carbocycles. The molecule has 0 bridgehead atoms. The molecule has 2 N–H and O–H groups in total. The number of aromatic nitrogens is 3. The zero-order valence-corrected chi connectivity index (χ0v) is 15.6. The zero-order chi connectivity index (χ0) is 19.7. The van der Waals surface area contributed by atoms with Crippen LogP contribution in [0, 0.1) is 0 Å². The number of hydrogen-bond acceptors (Lipinski definition) is 5. The van der Waals surface area contributed by atoms with Gasteiger partial charge in [-0.1, -0.05) is 11.6 Å². The zero-order valence-electron chi connectivity index (χ0n) is 14.8. The van der Waals surface area contributed by atoms with Gasteiger partial charge in [0.15, 0.2) is 5.82 Å². The van der Waals surface area contributed by atoms with Crippen LogP contribution in [0.5, 0.6) is 5.75 Å². The average molecular weight is 398 g/mol. The van der Waals surface area contributed by atoms with Gasteiger partial charge < -0.3 is 10.1 Å². The fourth-order valence-corrected chi connectivity index (χ4v) is 3.01. The number of hydrogen-bond donors (Lipinski definition) is 2. The number of amides is 2. The van der Waals surface area contributed by atoms with Crippen molar-refractivity contribution in [2.75, 3.05) is 17.7 Å². The summed E-state index contributed by atoms with van der Waals surface area (Å²) in [7, 11) is 1.59. The third-order valence-corrected chi connectivity index (χ3v) is 4.57. The van der Waals surface area contributed by atoms with Gasteiger partial charge in [0, 0.05) is 16.3 Å². The van der Waals surface area contributed by atoms with E-state index in [0.29, 0.717) is 22.3 Å². The molecule has 0 aliphatic carbocycles. The van der Waals surface area contributed by atoms with Crippen LogP contribution >= 0.6 is 11.6 Å². The van der Waals surface area contributed by atoms with Crippen molar-refractivity contribution in [3.05, 3.63) is 53.6 Å². The first-order valence-electron chi connectivity index (χ1n) is 8.51. The van der Waals surface area contributed by atoms with Crippen LogP contribution in [0.1, 0.15) is 12.5 Å². The maximum absolute atomic E-state index is 12.8. The molecule has 1 aliphatic heterocycles. The number of benzene rings is 2. The molecule has 9 heteroatoms. The van der Waals surface area contributed by atoms with Crippen molar-refractivity contribution in [2.24, 2.45) is 0 Å². The minimum atomic E-state index is -0.807. The van der Waals surface area contributed by atoms with Gasteiger partial charge in [-0.3, -0.25) is 14.9 Å². The van der Waals surface area contributed by atoms with Crippen molar-refractivity contribution in [1.29, 1.82) is 0 Å². The van der Waals surface area contributed by atoms with Crippen molar-refractivity contribution < 1.29 is 14.3 Å². The monoisotopic (exact) mass is 397 g/mol. The van der Waals surface area contributed by atoms with Crippen LogP contribution in [0.15, 0.2) is 48.5 Å². The maximum Gasteiger partial charge on any atom is 0.249 e. The Bertz CT molecular complexity index is 1030. The fraction of sp³-hybridized carbons (Fsp3) is 0.158. The van der Waals surface area contributed by atoms with E-state index in [1.165, 1.54) is 4.68 Å². The first-order chi connectivity index (χ1) is 13.5. The second kappa shape index (κ2) is 7.32. The van der Waals surface area contributed by atoms with Crippen LogP contribution in [-0.2, 0) is 9.59 Å². The first-order valence-corrected chi connectivity index (χ1v) is 8.88. The molecular formula is C19H16ClN5O3. The highest BCUT2D eigenvalue weighted by Gasteiger charge is 2.33. The molecule has 1 unspecified atom stereocenters. The Morgan fingerprint density at radius 3 is 2.61 bits per heavy atom. The van der Waals surface area contributed by atoms with E-state index >= 15 is 0 Å². The summed E-state index contributed by atoms with van der Waals surface area (Å²) < 4.78 is 6.59. The second-order valence-electron chi connectivity index (χ2n) is 6.20. The Balaban J connectivity index is 1.62. The number of carbonyl (C=O) groups excluding carboxylic acids is 2. The van der Waals surface area contributed by atoms with Crippen molar-refractivity contribution in [1.82, 2.24) is 14.8 Å². The molecule has 0 saturated heterocycles. The Kier molecular flexibility index (Phi) is 4.70. The minimum Gasteiger partial charge on any atom is -0.497 e. The van der Waals surface area contributed by atoms with Crippen molar-refractivity contribution >= 4 is 35.1 Å². The van der Waals surface area contributed by atoms with Crippen LogP contribution in [-0.4, -0.2) is 33.7 Å². The Labute approximate surface area is 165 Å².